The minimum Gasteiger partial charge on any atom is -0.384 e. The van der Waals surface area contributed by atoms with Gasteiger partial charge in [-0.1, -0.05) is 0 Å². The molecule has 16 heavy (non-hydrogen) atoms. The summed E-state index contributed by atoms with van der Waals surface area (Å²) in [5.41, 5.74) is -1.13. The zero-order valence-electron chi connectivity index (χ0n) is 9.94. The molecule has 1 rings (SSSR count). The van der Waals surface area contributed by atoms with Crippen LogP contribution in [0.1, 0.15) is 44.6 Å². The number of aromatic nitrogens is 1. The van der Waals surface area contributed by atoms with Crippen LogP contribution in [0.5, 0.6) is 0 Å². The maximum absolute atomic E-state index is 9.85. The van der Waals surface area contributed by atoms with Crippen molar-refractivity contribution in [2.45, 2.75) is 38.9 Å². The molecule has 0 atom stereocenters. The number of hydrogen-bond donors (Lipinski definition) is 2. The molecule has 0 unspecified atom stereocenters. The molecule has 0 aliphatic heterocycles. The predicted octanol–water partition coefficient (Wildman–Crippen LogP) is 1.41. The van der Waals surface area contributed by atoms with Gasteiger partial charge in [-0.15, -0.1) is 0 Å². The van der Waals surface area contributed by atoms with Crippen molar-refractivity contribution in [1.29, 1.82) is 5.26 Å². The van der Waals surface area contributed by atoms with Gasteiger partial charge in [0.15, 0.2) is 0 Å². The molecule has 1 heterocycles. The molecular formula is C12H16N2O2. The Morgan fingerprint density at radius 2 is 1.44 bits per heavy atom. The van der Waals surface area contributed by atoms with E-state index in [0.29, 0.717) is 17.0 Å². The predicted molar refractivity (Wildman–Crippen MR) is 59.4 cm³/mol. The molecule has 4 heteroatoms. The van der Waals surface area contributed by atoms with Crippen LogP contribution in [0.15, 0.2) is 12.1 Å². The molecule has 86 valence electrons. The molecule has 0 aliphatic rings. The molecule has 0 bridgehead atoms. The van der Waals surface area contributed by atoms with Crippen molar-refractivity contribution in [3.63, 3.8) is 0 Å². The zero-order valence-corrected chi connectivity index (χ0v) is 9.94. The first-order valence-corrected chi connectivity index (χ1v) is 5.02. The molecule has 1 aromatic heterocycles. The standard InChI is InChI=1S/C12H16N2O2/c1-11(2,15)9-5-8(7-13)6-10(14-9)12(3,4)16/h5-6,15-16H,1-4H3. The van der Waals surface area contributed by atoms with Crippen LogP contribution >= 0.6 is 0 Å². The molecule has 1 aromatic rings. The summed E-state index contributed by atoms with van der Waals surface area (Å²) >= 11 is 0. The summed E-state index contributed by atoms with van der Waals surface area (Å²) in [6.45, 7) is 6.35. The summed E-state index contributed by atoms with van der Waals surface area (Å²) in [6, 6.07) is 5.04. The van der Waals surface area contributed by atoms with Gasteiger partial charge >= 0.3 is 0 Å². The normalized spacial score (nSPS) is 12.3. The Morgan fingerprint density at radius 1 is 1.06 bits per heavy atom. The summed E-state index contributed by atoms with van der Waals surface area (Å²) in [5, 5.41) is 28.6. The Balaban J connectivity index is 3.41. The fourth-order valence-electron chi connectivity index (χ4n) is 1.22. The first kappa shape index (κ1) is 12.6. The molecule has 0 spiro atoms. The number of hydrogen-bond acceptors (Lipinski definition) is 4. The average Bonchev–Trinajstić information content (AvgIpc) is 2.14. The second-order valence-electron chi connectivity index (χ2n) is 4.86. The molecule has 0 saturated heterocycles. The van der Waals surface area contributed by atoms with E-state index < -0.39 is 11.2 Å². The van der Waals surface area contributed by atoms with Crippen LogP contribution in [0.4, 0.5) is 0 Å². The fourth-order valence-corrected chi connectivity index (χ4v) is 1.22. The SMILES string of the molecule is CC(C)(O)c1cc(C#N)cc(C(C)(C)O)n1. The third-order valence-electron chi connectivity index (χ3n) is 2.21. The lowest BCUT2D eigenvalue weighted by atomic mass is 9.98. The lowest BCUT2D eigenvalue weighted by molar-refractivity contribution is 0.0625. The van der Waals surface area contributed by atoms with E-state index in [4.69, 9.17) is 5.26 Å². The van der Waals surface area contributed by atoms with E-state index in [1.54, 1.807) is 27.7 Å². The maximum Gasteiger partial charge on any atom is 0.101 e. The second-order valence-corrected chi connectivity index (χ2v) is 4.86. The van der Waals surface area contributed by atoms with E-state index in [-0.39, 0.29) is 0 Å². The van der Waals surface area contributed by atoms with Crippen molar-refractivity contribution in [2.24, 2.45) is 0 Å². The van der Waals surface area contributed by atoms with Gasteiger partial charge in [-0.3, -0.25) is 4.98 Å². The molecule has 0 saturated carbocycles. The average molecular weight is 220 g/mol. The van der Waals surface area contributed by atoms with Gasteiger partial charge in [-0.2, -0.15) is 5.26 Å². The summed E-state index contributed by atoms with van der Waals surface area (Å²) in [5.74, 6) is 0. The van der Waals surface area contributed by atoms with Gasteiger partial charge in [0.1, 0.15) is 11.2 Å². The lowest BCUT2D eigenvalue weighted by Gasteiger charge is -2.22. The van der Waals surface area contributed by atoms with Crippen molar-refractivity contribution in [3.8, 4) is 6.07 Å². The van der Waals surface area contributed by atoms with E-state index >= 15 is 0 Å². The molecule has 0 aliphatic carbocycles. The van der Waals surface area contributed by atoms with Gasteiger partial charge in [0.25, 0.3) is 0 Å². The van der Waals surface area contributed by atoms with Crippen LogP contribution in [0.2, 0.25) is 0 Å². The van der Waals surface area contributed by atoms with Crippen molar-refractivity contribution < 1.29 is 10.2 Å². The summed E-state index contributed by atoms with van der Waals surface area (Å²) in [6.07, 6.45) is 0. The second kappa shape index (κ2) is 3.85. The van der Waals surface area contributed by atoms with Gasteiger partial charge in [0.05, 0.1) is 23.0 Å². The summed E-state index contributed by atoms with van der Waals surface area (Å²) in [7, 11) is 0. The lowest BCUT2D eigenvalue weighted by Crippen LogP contribution is -2.23. The van der Waals surface area contributed by atoms with Crippen molar-refractivity contribution in [2.75, 3.05) is 0 Å². The smallest absolute Gasteiger partial charge is 0.101 e. The Morgan fingerprint density at radius 3 is 1.69 bits per heavy atom. The topological polar surface area (TPSA) is 77.1 Å². The Hall–Kier alpha value is -1.44. The quantitative estimate of drug-likeness (QED) is 0.790. The first-order valence-electron chi connectivity index (χ1n) is 5.02. The number of aliphatic hydroxyl groups is 2. The van der Waals surface area contributed by atoms with Crippen LogP contribution in [-0.2, 0) is 11.2 Å². The largest absolute Gasteiger partial charge is 0.384 e. The molecule has 2 N–H and O–H groups in total. The molecule has 0 fully saturated rings. The van der Waals surface area contributed by atoms with Gasteiger partial charge in [0.2, 0.25) is 0 Å². The molecule has 0 aromatic carbocycles. The van der Waals surface area contributed by atoms with Gasteiger partial charge < -0.3 is 10.2 Å². The number of nitrogens with zero attached hydrogens (tertiary/aromatic N) is 2. The third-order valence-corrected chi connectivity index (χ3v) is 2.21. The van der Waals surface area contributed by atoms with Crippen molar-refractivity contribution in [3.05, 3.63) is 29.1 Å². The van der Waals surface area contributed by atoms with Crippen LogP contribution in [-0.4, -0.2) is 15.2 Å². The molecule has 4 nitrogen and oxygen atoms in total. The number of rotatable bonds is 2. The summed E-state index contributed by atoms with van der Waals surface area (Å²) < 4.78 is 0. The highest BCUT2D eigenvalue weighted by Gasteiger charge is 2.24. The Labute approximate surface area is 95.2 Å². The van der Waals surface area contributed by atoms with Crippen LogP contribution in [0.3, 0.4) is 0 Å². The molecule has 0 radical (unpaired) electrons. The van der Waals surface area contributed by atoms with E-state index in [1.807, 2.05) is 6.07 Å². The number of pyridine rings is 1. The van der Waals surface area contributed by atoms with Crippen molar-refractivity contribution in [1.82, 2.24) is 4.98 Å². The monoisotopic (exact) mass is 220 g/mol. The maximum atomic E-state index is 9.85. The highest BCUT2D eigenvalue weighted by molar-refractivity contribution is 5.35. The minimum absolute atomic E-state index is 0.378. The van der Waals surface area contributed by atoms with Gasteiger partial charge in [-0.05, 0) is 39.8 Å². The van der Waals surface area contributed by atoms with E-state index in [0.717, 1.165) is 0 Å². The van der Waals surface area contributed by atoms with E-state index in [1.165, 1.54) is 12.1 Å². The Kier molecular flexibility index (Phi) is 3.04. The highest BCUT2D eigenvalue weighted by atomic mass is 16.3. The van der Waals surface area contributed by atoms with Crippen LogP contribution in [0.25, 0.3) is 0 Å². The van der Waals surface area contributed by atoms with Crippen LogP contribution in [0, 0.1) is 11.3 Å². The summed E-state index contributed by atoms with van der Waals surface area (Å²) in [4.78, 5) is 4.17. The van der Waals surface area contributed by atoms with E-state index in [2.05, 4.69) is 4.98 Å². The number of nitriles is 1. The van der Waals surface area contributed by atoms with Crippen LogP contribution < -0.4 is 0 Å². The zero-order chi connectivity index (χ0) is 12.6. The van der Waals surface area contributed by atoms with Gasteiger partial charge in [-0.25, -0.2) is 0 Å². The highest BCUT2D eigenvalue weighted by Crippen LogP contribution is 2.24. The molecular weight excluding hydrogens is 204 g/mol. The molecule has 0 amide bonds. The third kappa shape index (κ3) is 2.78. The van der Waals surface area contributed by atoms with E-state index in [9.17, 15) is 10.2 Å². The van der Waals surface area contributed by atoms with Gasteiger partial charge in [0, 0.05) is 0 Å². The Bertz CT molecular complexity index is 402. The van der Waals surface area contributed by atoms with Crippen molar-refractivity contribution >= 4 is 0 Å². The fraction of sp³-hybridized carbons (Fsp3) is 0.500. The minimum atomic E-state index is -1.13. The first-order chi connectivity index (χ1) is 7.14.